The van der Waals surface area contributed by atoms with Gasteiger partial charge in [-0.3, -0.25) is 0 Å². The van der Waals surface area contributed by atoms with Gasteiger partial charge < -0.3 is 15.2 Å². The molecular formula is C15H23NO2S. The molecule has 3 nitrogen and oxygen atoms in total. The van der Waals surface area contributed by atoms with Crippen molar-refractivity contribution in [3.63, 3.8) is 0 Å². The van der Waals surface area contributed by atoms with Gasteiger partial charge in [-0.1, -0.05) is 0 Å². The minimum atomic E-state index is 0.0467. The predicted molar refractivity (Wildman–Crippen MR) is 77.4 cm³/mol. The Kier molecular flexibility index (Phi) is 3.94. The summed E-state index contributed by atoms with van der Waals surface area (Å²) in [6.45, 7) is 4.66. The number of hydrogen-bond acceptors (Lipinski definition) is 4. The normalized spacial score (nSPS) is 28.4. The van der Waals surface area contributed by atoms with E-state index in [1.807, 2.05) is 11.3 Å². The fraction of sp³-hybridized carbons (Fsp3) is 0.733. The second-order valence-electron chi connectivity index (χ2n) is 5.87. The Hall–Kier alpha value is -0.420. The first-order valence-electron chi connectivity index (χ1n) is 7.22. The lowest BCUT2D eigenvalue weighted by Gasteiger charge is -2.44. The molecule has 0 bridgehead atoms. The molecule has 0 amide bonds. The molecule has 3 heterocycles. The van der Waals surface area contributed by atoms with Crippen LogP contribution in [0.2, 0.25) is 0 Å². The van der Waals surface area contributed by atoms with Crippen molar-refractivity contribution in [2.45, 2.75) is 44.2 Å². The van der Waals surface area contributed by atoms with Crippen LogP contribution < -0.4 is 5.73 Å². The molecule has 2 N–H and O–H groups in total. The lowest BCUT2D eigenvalue weighted by molar-refractivity contribution is -0.149. The number of aryl methyl sites for hydroxylation is 1. The van der Waals surface area contributed by atoms with Crippen molar-refractivity contribution in [2.24, 2.45) is 11.7 Å². The fourth-order valence-corrected chi connectivity index (χ4v) is 4.30. The monoisotopic (exact) mass is 281 g/mol. The molecule has 2 saturated heterocycles. The third-order valence-corrected chi connectivity index (χ3v) is 5.63. The highest BCUT2D eigenvalue weighted by atomic mass is 32.1. The third-order valence-electron chi connectivity index (χ3n) is 4.53. The van der Waals surface area contributed by atoms with Crippen LogP contribution in [0, 0.1) is 12.8 Å². The SMILES string of the molecule is Cc1ccc(C(N)C2CCOC3(CCOCC3)C2)s1. The summed E-state index contributed by atoms with van der Waals surface area (Å²) in [5.41, 5.74) is 6.54. The average molecular weight is 281 g/mol. The molecule has 2 atom stereocenters. The smallest absolute Gasteiger partial charge is 0.0729 e. The van der Waals surface area contributed by atoms with Gasteiger partial charge in [-0.15, -0.1) is 11.3 Å². The van der Waals surface area contributed by atoms with E-state index >= 15 is 0 Å². The third kappa shape index (κ3) is 2.87. The predicted octanol–water partition coefficient (Wildman–Crippen LogP) is 3.03. The van der Waals surface area contributed by atoms with Crippen LogP contribution in [0.3, 0.4) is 0 Å². The van der Waals surface area contributed by atoms with E-state index in [0.29, 0.717) is 5.92 Å². The van der Waals surface area contributed by atoms with Crippen LogP contribution in [0.4, 0.5) is 0 Å². The number of thiophene rings is 1. The summed E-state index contributed by atoms with van der Waals surface area (Å²) >= 11 is 1.83. The van der Waals surface area contributed by atoms with Gasteiger partial charge in [0.25, 0.3) is 0 Å². The lowest BCUT2D eigenvalue weighted by Crippen LogP contribution is -2.46. The van der Waals surface area contributed by atoms with Gasteiger partial charge in [0.2, 0.25) is 0 Å². The summed E-state index contributed by atoms with van der Waals surface area (Å²) in [4.78, 5) is 2.67. The van der Waals surface area contributed by atoms with Gasteiger partial charge in [-0.25, -0.2) is 0 Å². The Labute approximate surface area is 119 Å². The van der Waals surface area contributed by atoms with Crippen LogP contribution in [-0.4, -0.2) is 25.4 Å². The molecule has 0 aromatic carbocycles. The minimum Gasteiger partial charge on any atom is -0.381 e. The first-order chi connectivity index (χ1) is 9.19. The van der Waals surface area contributed by atoms with Gasteiger partial charge in [0.15, 0.2) is 0 Å². The van der Waals surface area contributed by atoms with Crippen molar-refractivity contribution in [3.8, 4) is 0 Å². The standard InChI is InChI=1S/C15H23NO2S/c1-11-2-3-13(19-11)14(16)12-4-7-18-15(10-12)5-8-17-9-6-15/h2-3,12,14H,4-10,16H2,1H3. The van der Waals surface area contributed by atoms with Gasteiger partial charge in [0, 0.05) is 35.6 Å². The Morgan fingerprint density at radius 1 is 1.32 bits per heavy atom. The quantitative estimate of drug-likeness (QED) is 0.906. The molecule has 2 unspecified atom stereocenters. The Bertz CT molecular complexity index is 420. The van der Waals surface area contributed by atoms with E-state index in [-0.39, 0.29) is 11.6 Å². The summed E-state index contributed by atoms with van der Waals surface area (Å²) < 4.78 is 11.6. The largest absolute Gasteiger partial charge is 0.381 e. The van der Waals surface area contributed by atoms with Crippen LogP contribution in [0.5, 0.6) is 0 Å². The van der Waals surface area contributed by atoms with Gasteiger partial charge in [-0.05, 0) is 50.7 Å². The van der Waals surface area contributed by atoms with E-state index in [1.54, 1.807) is 0 Å². The molecule has 19 heavy (non-hydrogen) atoms. The topological polar surface area (TPSA) is 44.5 Å². The highest BCUT2D eigenvalue weighted by Gasteiger charge is 2.40. The van der Waals surface area contributed by atoms with Crippen LogP contribution in [0.25, 0.3) is 0 Å². The van der Waals surface area contributed by atoms with Crippen molar-refractivity contribution < 1.29 is 9.47 Å². The van der Waals surface area contributed by atoms with Crippen LogP contribution in [0.15, 0.2) is 12.1 Å². The highest BCUT2D eigenvalue weighted by molar-refractivity contribution is 7.12. The van der Waals surface area contributed by atoms with Crippen LogP contribution in [0.1, 0.15) is 41.5 Å². The molecule has 0 saturated carbocycles. The van der Waals surface area contributed by atoms with E-state index in [2.05, 4.69) is 19.1 Å². The number of hydrogen-bond donors (Lipinski definition) is 1. The summed E-state index contributed by atoms with van der Waals surface area (Å²) in [5, 5.41) is 0. The zero-order chi connectivity index (χ0) is 13.3. The first kappa shape index (κ1) is 13.6. The van der Waals surface area contributed by atoms with Crippen molar-refractivity contribution in [3.05, 3.63) is 21.9 Å². The second kappa shape index (κ2) is 5.52. The minimum absolute atomic E-state index is 0.0467. The molecule has 1 aromatic rings. The summed E-state index contributed by atoms with van der Waals surface area (Å²) in [6, 6.07) is 4.53. The molecule has 1 spiro atoms. The van der Waals surface area contributed by atoms with Crippen LogP contribution >= 0.6 is 11.3 Å². The summed E-state index contributed by atoms with van der Waals surface area (Å²) in [5.74, 6) is 0.546. The fourth-order valence-electron chi connectivity index (χ4n) is 3.33. The van der Waals surface area contributed by atoms with E-state index in [4.69, 9.17) is 15.2 Å². The van der Waals surface area contributed by atoms with Gasteiger partial charge in [0.05, 0.1) is 5.60 Å². The van der Waals surface area contributed by atoms with E-state index in [1.165, 1.54) is 9.75 Å². The molecule has 2 aliphatic rings. The van der Waals surface area contributed by atoms with Crippen molar-refractivity contribution >= 4 is 11.3 Å². The van der Waals surface area contributed by atoms with Crippen molar-refractivity contribution in [2.75, 3.05) is 19.8 Å². The first-order valence-corrected chi connectivity index (χ1v) is 8.04. The Morgan fingerprint density at radius 2 is 2.11 bits per heavy atom. The van der Waals surface area contributed by atoms with Crippen molar-refractivity contribution in [1.82, 2.24) is 0 Å². The Balaban J connectivity index is 1.70. The lowest BCUT2D eigenvalue weighted by atomic mass is 9.77. The molecular weight excluding hydrogens is 258 g/mol. The van der Waals surface area contributed by atoms with Gasteiger partial charge in [0.1, 0.15) is 0 Å². The number of nitrogens with two attached hydrogens (primary N) is 1. The molecule has 2 fully saturated rings. The molecule has 1 aromatic heterocycles. The maximum atomic E-state index is 6.50. The molecule has 4 heteroatoms. The molecule has 3 rings (SSSR count). The second-order valence-corrected chi connectivity index (χ2v) is 7.19. The van der Waals surface area contributed by atoms with Crippen molar-refractivity contribution in [1.29, 1.82) is 0 Å². The van der Waals surface area contributed by atoms with Gasteiger partial charge >= 0.3 is 0 Å². The molecule has 2 aliphatic heterocycles. The van der Waals surface area contributed by atoms with Gasteiger partial charge in [-0.2, -0.15) is 0 Å². The maximum absolute atomic E-state index is 6.50. The molecule has 0 aliphatic carbocycles. The maximum Gasteiger partial charge on any atom is 0.0729 e. The zero-order valence-electron chi connectivity index (χ0n) is 11.6. The number of rotatable bonds is 2. The van der Waals surface area contributed by atoms with E-state index in [9.17, 15) is 0 Å². The number of ether oxygens (including phenoxy) is 2. The van der Waals surface area contributed by atoms with E-state index < -0.39 is 0 Å². The van der Waals surface area contributed by atoms with Crippen LogP contribution in [-0.2, 0) is 9.47 Å². The summed E-state index contributed by atoms with van der Waals surface area (Å²) in [7, 11) is 0. The average Bonchev–Trinajstić information content (AvgIpc) is 2.85. The Morgan fingerprint density at radius 3 is 2.79 bits per heavy atom. The molecule has 106 valence electrons. The van der Waals surface area contributed by atoms with E-state index in [0.717, 1.165) is 45.5 Å². The highest BCUT2D eigenvalue weighted by Crippen LogP contribution is 2.42. The summed E-state index contributed by atoms with van der Waals surface area (Å²) in [6.07, 6.45) is 4.23. The molecule has 0 radical (unpaired) electrons. The zero-order valence-corrected chi connectivity index (χ0v) is 12.4.